The van der Waals surface area contributed by atoms with Gasteiger partial charge < -0.3 is 10.4 Å². The van der Waals surface area contributed by atoms with E-state index in [0.29, 0.717) is 0 Å². The molecular weight excluding hydrogens is 286 g/mol. The number of aromatic carboxylic acids is 1. The third-order valence-electron chi connectivity index (χ3n) is 3.09. The predicted octanol–water partition coefficient (Wildman–Crippen LogP) is 1.16. The quantitative estimate of drug-likeness (QED) is 0.747. The molecule has 0 spiro atoms. The Morgan fingerprint density at radius 1 is 1.18 bits per heavy atom. The number of nitrogens with one attached hydrogen (secondary N) is 1. The lowest BCUT2D eigenvalue weighted by Gasteiger charge is -2.10. The number of tetrazole rings is 1. The molecule has 0 aliphatic rings. The van der Waals surface area contributed by atoms with Crippen LogP contribution in [0.1, 0.15) is 10.4 Å². The molecule has 2 aromatic carbocycles. The van der Waals surface area contributed by atoms with Gasteiger partial charge in [-0.3, -0.25) is 4.79 Å². The number of rotatable bonds is 4. The maximum atomic E-state index is 12.0. The zero-order chi connectivity index (χ0) is 15.5. The standard InChI is InChI=1S/C14H11N5O3/c20-13(7-19-8-15-17-18-19)16-12-6-10-4-2-1-3-9(10)5-11(12)14(21)22/h1-6,8H,7H2,(H,16,20)(H,21,22). The van der Waals surface area contributed by atoms with Crippen LogP contribution in [0.15, 0.2) is 42.7 Å². The minimum absolute atomic E-state index is 0.0313. The summed E-state index contributed by atoms with van der Waals surface area (Å²) in [5.41, 5.74) is 0.271. The summed E-state index contributed by atoms with van der Waals surface area (Å²) in [6.45, 7) is -0.0983. The zero-order valence-electron chi connectivity index (χ0n) is 11.3. The molecule has 0 aliphatic carbocycles. The molecule has 0 saturated heterocycles. The van der Waals surface area contributed by atoms with Crippen molar-refractivity contribution in [2.24, 2.45) is 0 Å². The summed E-state index contributed by atoms with van der Waals surface area (Å²) in [4.78, 5) is 23.3. The second-order valence-corrected chi connectivity index (χ2v) is 4.61. The number of nitrogens with zero attached hydrogens (tertiary/aromatic N) is 4. The minimum atomic E-state index is -1.11. The summed E-state index contributed by atoms with van der Waals surface area (Å²) in [6, 6.07) is 10.5. The largest absolute Gasteiger partial charge is 0.478 e. The number of carbonyl (C=O) groups is 2. The van der Waals surface area contributed by atoms with Gasteiger partial charge in [0.1, 0.15) is 12.9 Å². The third kappa shape index (κ3) is 2.75. The van der Waals surface area contributed by atoms with E-state index in [2.05, 4.69) is 20.8 Å². The first-order chi connectivity index (χ1) is 10.6. The molecule has 0 fully saturated rings. The molecular formula is C14H11N5O3. The normalized spacial score (nSPS) is 10.5. The number of hydrogen-bond donors (Lipinski definition) is 2. The first-order valence-corrected chi connectivity index (χ1v) is 6.40. The van der Waals surface area contributed by atoms with Crippen molar-refractivity contribution in [1.82, 2.24) is 20.2 Å². The zero-order valence-corrected chi connectivity index (χ0v) is 11.3. The molecule has 3 rings (SSSR count). The van der Waals surface area contributed by atoms with E-state index < -0.39 is 11.9 Å². The van der Waals surface area contributed by atoms with Crippen molar-refractivity contribution in [3.63, 3.8) is 0 Å². The van der Waals surface area contributed by atoms with Crippen molar-refractivity contribution in [3.8, 4) is 0 Å². The van der Waals surface area contributed by atoms with Crippen LogP contribution in [0, 0.1) is 0 Å². The number of carboxylic acid groups (broad SMARTS) is 1. The first kappa shape index (κ1) is 13.7. The van der Waals surface area contributed by atoms with Crippen LogP contribution in [-0.4, -0.2) is 37.2 Å². The molecule has 0 bridgehead atoms. The molecule has 0 atom stereocenters. The van der Waals surface area contributed by atoms with Gasteiger partial charge >= 0.3 is 5.97 Å². The molecule has 2 N–H and O–H groups in total. The Labute approximate surface area is 124 Å². The van der Waals surface area contributed by atoms with Crippen LogP contribution in [0.4, 0.5) is 5.69 Å². The van der Waals surface area contributed by atoms with Gasteiger partial charge in [-0.2, -0.15) is 0 Å². The van der Waals surface area contributed by atoms with E-state index in [1.165, 1.54) is 17.1 Å². The highest BCUT2D eigenvalue weighted by atomic mass is 16.4. The van der Waals surface area contributed by atoms with Gasteiger partial charge in [0.2, 0.25) is 5.91 Å². The van der Waals surface area contributed by atoms with E-state index in [1.54, 1.807) is 6.07 Å². The van der Waals surface area contributed by atoms with Crippen molar-refractivity contribution < 1.29 is 14.7 Å². The van der Waals surface area contributed by atoms with Crippen molar-refractivity contribution in [2.75, 3.05) is 5.32 Å². The number of benzene rings is 2. The summed E-state index contributed by atoms with van der Waals surface area (Å²) in [5, 5.41) is 24.0. The monoisotopic (exact) mass is 297 g/mol. The summed E-state index contributed by atoms with van der Waals surface area (Å²) < 4.78 is 1.25. The lowest BCUT2D eigenvalue weighted by molar-refractivity contribution is -0.116. The van der Waals surface area contributed by atoms with Crippen molar-refractivity contribution in [3.05, 3.63) is 48.3 Å². The molecule has 0 unspecified atom stereocenters. The number of hydrogen-bond acceptors (Lipinski definition) is 5. The van der Waals surface area contributed by atoms with Crippen LogP contribution in [0.2, 0.25) is 0 Å². The predicted molar refractivity (Wildman–Crippen MR) is 77.4 cm³/mol. The number of carbonyl (C=O) groups excluding carboxylic acids is 1. The fourth-order valence-electron chi connectivity index (χ4n) is 2.11. The van der Waals surface area contributed by atoms with Gasteiger partial charge in [0.05, 0.1) is 11.3 Å². The number of carboxylic acids is 1. The lowest BCUT2D eigenvalue weighted by Crippen LogP contribution is -2.20. The minimum Gasteiger partial charge on any atom is -0.478 e. The van der Waals surface area contributed by atoms with E-state index in [0.717, 1.165) is 10.8 Å². The Bertz CT molecular complexity index is 845. The first-order valence-electron chi connectivity index (χ1n) is 6.40. The van der Waals surface area contributed by atoms with Gasteiger partial charge in [0, 0.05) is 0 Å². The Balaban J connectivity index is 1.92. The van der Waals surface area contributed by atoms with Crippen LogP contribution in [0.5, 0.6) is 0 Å². The van der Waals surface area contributed by atoms with Gasteiger partial charge in [-0.05, 0) is 33.3 Å². The van der Waals surface area contributed by atoms with Gasteiger partial charge in [-0.15, -0.1) is 5.10 Å². The second kappa shape index (κ2) is 5.60. The number of fused-ring (bicyclic) bond motifs is 1. The molecule has 110 valence electrons. The maximum absolute atomic E-state index is 12.0. The van der Waals surface area contributed by atoms with Gasteiger partial charge in [-0.1, -0.05) is 24.3 Å². The smallest absolute Gasteiger partial charge is 0.337 e. The van der Waals surface area contributed by atoms with E-state index in [1.807, 2.05) is 24.3 Å². The Morgan fingerprint density at radius 3 is 2.55 bits per heavy atom. The SMILES string of the molecule is O=C(Cn1cnnn1)Nc1cc2ccccc2cc1C(=O)O. The highest BCUT2D eigenvalue weighted by molar-refractivity contribution is 6.05. The molecule has 0 radical (unpaired) electrons. The lowest BCUT2D eigenvalue weighted by atomic mass is 10.0. The third-order valence-corrected chi connectivity index (χ3v) is 3.09. The van der Waals surface area contributed by atoms with E-state index >= 15 is 0 Å². The average Bonchev–Trinajstić information content (AvgIpc) is 2.99. The van der Waals surface area contributed by atoms with Crippen molar-refractivity contribution in [2.45, 2.75) is 6.54 Å². The molecule has 1 heterocycles. The Morgan fingerprint density at radius 2 is 1.91 bits per heavy atom. The van der Waals surface area contributed by atoms with Crippen molar-refractivity contribution >= 4 is 28.3 Å². The number of amides is 1. The fourth-order valence-corrected chi connectivity index (χ4v) is 2.11. The Hall–Kier alpha value is -3.29. The van der Waals surface area contributed by atoms with Gasteiger partial charge in [0.15, 0.2) is 0 Å². The molecule has 8 nitrogen and oxygen atoms in total. The summed E-state index contributed by atoms with van der Waals surface area (Å²) in [7, 11) is 0. The highest BCUT2D eigenvalue weighted by Gasteiger charge is 2.14. The molecule has 0 saturated carbocycles. The van der Waals surface area contributed by atoms with Crippen LogP contribution in [0.3, 0.4) is 0 Å². The van der Waals surface area contributed by atoms with Gasteiger partial charge in [-0.25, -0.2) is 9.48 Å². The van der Waals surface area contributed by atoms with E-state index in [-0.39, 0.29) is 17.8 Å². The van der Waals surface area contributed by atoms with Crippen LogP contribution < -0.4 is 5.32 Å². The molecule has 3 aromatic rings. The maximum Gasteiger partial charge on any atom is 0.337 e. The summed E-state index contributed by atoms with van der Waals surface area (Å²) >= 11 is 0. The summed E-state index contributed by atoms with van der Waals surface area (Å²) in [5.74, 6) is -1.52. The van der Waals surface area contributed by atoms with Crippen LogP contribution in [-0.2, 0) is 11.3 Å². The summed E-state index contributed by atoms with van der Waals surface area (Å²) in [6.07, 6.45) is 1.30. The van der Waals surface area contributed by atoms with E-state index in [9.17, 15) is 14.7 Å². The fraction of sp³-hybridized carbons (Fsp3) is 0.0714. The number of aromatic nitrogens is 4. The average molecular weight is 297 g/mol. The van der Waals surface area contributed by atoms with Crippen LogP contribution in [0.25, 0.3) is 10.8 Å². The van der Waals surface area contributed by atoms with Crippen LogP contribution >= 0.6 is 0 Å². The highest BCUT2D eigenvalue weighted by Crippen LogP contribution is 2.24. The Kier molecular flexibility index (Phi) is 3.48. The number of anilines is 1. The van der Waals surface area contributed by atoms with Gasteiger partial charge in [0.25, 0.3) is 0 Å². The second-order valence-electron chi connectivity index (χ2n) is 4.61. The molecule has 22 heavy (non-hydrogen) atoms. The molecule has 8 heteroatoms. The van der Waals surface area contributed by atoms with E-state index in [4.69, 9.17) is 0 Å². The molecule has 1 amide bonds. The molecule has 1 aromatic heterocycles. The molecule has 0 aliphatic heterocycles. The topological polar surface area (TPSA) is 110 Å². The van der Waals surface area contributed by atoms with Crippen molar-refractivity contribution in [1.29, 1.82) is 0 Å².